The number of benzene rings is 2. The molecule has 44 heavy (non-hydrogen) atoms. The Morgan fingerprint density at radius 3 is 2.36 bits per heavy atom. The van der Waals surface area contributed by atoms with E-state index in [1.807, 2.05) is 12.1 Å². The minimum absolute atomic E-state index is 0.130. The molecule has 0 fully saturated rings. The molecule has 2 aliphatic heterocycles. The van der Waals surface area contributed by atoms with Gasteiger partial charge in [0.15, 0.2) is 0 Å². The largest absolute Gasteiger partial charge is 0.465 e. The van der Waals surface area contributed by atoms with Crippen molar-refractivity contribution in [3.63, 3.8) is 0 Å². The van der Waals surface area contributed by atoms with E-state index in [1.54, 1.807) is 24.3 Å². The van der Waals surface area contributed by atoms with Gasteiger partial charge in [0, 0.05) is 42.0 Å². The zero-order valence-electron chi connectivity index (χ0n) is 25.2. The molecule has 0 spiro atoms. The third-order valence-corrected chi connectivity index (χ3v) is 8.24. The summed E-state index contributed by atoms with van der Waals surface area (Å²) in [6.45, 7) is 6.67. The van der Waals surface area contributed by atoms with Crippen molar-refractivity contribution >= 4 is 40.3 Å². The number of anilines is 1. The number of nitrogens with one attached hydrogen (secondary N) is 1. The van der Waals surface area contributed by atoms with Gasteiger partial charge in [-0.25, -0.2) is 9.59 Å². The van der Waals surface area contributed by atoms with Gasteiger partial charge in [0.05, 0.1) is 48.9 Å². The van der Waals surface area contributed by atoms with Crippen molar-refractivity contribution in [3.8, 4) is 11.3 Å². The van der Waals surface area contributed by atoms with Crippen molar-refractivity contribution in [2.24, 2.45) is 5.92 Å². The Labute approximate surface area is 254 Å². The van der Waals surface area contributed by atoms with E-state index in [2.05, 4.69) is 36.0 Å². The van der Waals surface area contributed by atoms with Crippen molar-refractivity contribution in [1.29, 1.82) is 0 Å². The summed E-state index contributed by atoms with van der Waals surface area (Å²) in [7, 11) is 2.52. The number of carbonyl (C=O) groups is 4. The minimum atomic E-state index is -0.626. The Bertz CT molecular complexity index is 1840. The maximum Gasteiger partial charge on any atom is 0.337 e. The fourth-order valence-corrected chi connectivity index (χ4v) is 6.06. The van der Waals surface area contributed by atoms with E-state index in [-0.39, 0.29) is 29.5 Å². The Morgan fingerprint density at radius 1 is 1.02 bits per heavy atom. The maximum atomic E-state index is 13.8. The monoisotopic (exact) mass is 595 g/mol. The maximum absolute atomic E-state index is 13.8. The number of hydrogen-bond donors (Lipinski definition) is 1. The highest BCUT2D eigenvalue weighted by Gasteiger charge is 2.43. The first-order valence-electron chi connectivity index (χ1n) is 14.5. The average molecular weight is 596 g/mol. The van der Waals surface area contributed by atoms with Gasteiger partial charge in [-0.1, -0.05) is 19.9 Å². The van der Waals surface area contributed by atoms with Gasteiger partial charge in [0.1, 0.15) is 11.5 Å². The number of imide groups is 1. The van der Waals surface area contributed by atoms with Crippen LogP contribution in [0.3, 0.4) is 0 Å². The average Bonchev–Trinajstić information content (AvgIpc) is 3.70. The summed E-state index contributed by atoms with van der Waals surface area (Å²) in [6.07, 6.45) is 3.05. The number of aromatic nitrogens is 1. The van der Waals surface area contributed by atoms with Crippen LogP contribution in [0.2, 0.25) is 0 Å². The SMILES string of the molecule is COC(=O)c1cc(C(=O)OC)cc(-c2ccc([C@@H]3C4=C(CN(C(C)=O)C4=O)Nc4cccc5c4c3cn5CCC(C)C)o2)c1. The van der Waals surface area contributed by atoms with Crippen molar-refractivity contribution in [2.45, 2.75) is 39.7 Å². The summed E-state index contributed by atoms with van der Waals surface area (Å²) >= 11 is 0. The molecular formula is C34H33N3O7. The van der Waals surface area contributed by atoms with Crippen LogP contribution >= 0.6 is 0 Å². The summed E-state index contributed by atoms with van der Waals surface area (Å²) in [4.78, 5) is 52.4. The van der Waals surface area contributed by atoms with Crippen LogP contribution < -0.4 is 5.32 Å². The Kier molecular flexibility index (Phi) is 7.36. The second-order valence-corrected chi connectivity index (χ2v) is 11.5. The van der Waals surface area contributed by atoms with Crippen LogP contribution in [-0.4, -0.2) is 54.0 Å². The standard InChI is InChI=1S/C34H33N3O7/c1-18(2)11-12-36-16-23-29-24(7-6-8-26(29)36)35-25-17-37(19(3)38)32(39)31(25)30(23)28-10-9-27(44-28)20-13-21(33(40)42-4)15-22(14-20)34(41)43-5/h6-10,13-16,18,30,35H,11-12,17H2,1-5H3/t30-/m1/s1. The number of nitrogens with zero attached hydrogens (tertiary/aromatic N) is 2. The van der Waals surface area contributed by atoms with E-state index in [4.69, 9.17) is 13.9 Å². The summed E-state index contributed by atoms with van der Waals surface area (Å²) in [6, 6.07) is 14.1. The molecule has 2 aliphatic rings. The third-order valence-electron chi connectivity index (χ3n) is 8.24. The van der Waals surface area contributed by atoms with Gasteiger partial charge in [-0.3, -0.25) is 14.5 Å². The van der Waals surface area contributed by atoms with Crippen LogP contribution in [0.1, 0.15) is 65.1 Å². The third kappa shape index (κ3) is 4.86. The van der Waals surface area contributed by atoms with Crippen LogP contribution in [0.5, 0.6) is 0 Å². The first-order valence-corrected chi connectivity index (χ1v) is 14.5. The topological polar surface area (TPSA) is 120 Å². The van der Waals surface area contributed by atoms with Crippen molar-refractivity contribution in [2.75, 3.05) is 26.1 Å². The van der Waals surface area contributed by atoms with Crippen molar-refractivity contribution < 1.29 is 33.1 Å². The van der Waals surface area contributed by atoms with Gasteiger partial charge in [-0.05, 0) is 60.4 Å². The van der Waals surface area contributed by atoms with Crippen LogP contribution in [0.15, 0.2) is 70.4 Å². The van der Waals surface area contributed by atoms with Gasteiger partial charge < -0.3 is 23.8 Å². The quantitative estimate of drug-likeness (QED) is 0.270. The van der Waals surface area contributed by atoms with Gasteiger partial charge in [-0.2, -0.15) is 0 Å². The number of furan rings is 1. The molecule has 10 nitrogen and oxygen atoms in total. The number of esters is 2. The molecule has 0 unspecified atom stereocenters. The molecule has 4 aromatic rings. The number of amides is 2. The smallest absolute Gasteiger partial charge is 0.337 e. The van der Waals surface area contributed by atoms with E-state index in [0.717, 1.165) is 35.1 Å². The second kappa shape index (κ2) is 11.2. The van der Waals surface area contributed by atoms with Crippen LogP contribution in [0.25, 0.3) is 22.2 Å². The lowest BCUT2D eigenvalue weighted by Crippen LogP contribution is -2.33. The molecule has 0 saturated carbocycles. The first-order chi connectivity index (χ1) is 21.1. The number of rotatable bonds is 7. The summed E-state index contributed by atoms with van der Waals surface area (Å²) in [5, 5.41) is 4.46. The molecule has 10 heteroatoms. The predicted molar refractivity (Wildman–Crippen MR) is 163 cm³/mol. The highest BCUT2D eigenvalue weighted by atomic mass is 16.5. The zero-order chi connectivity index (χ0) is 31.3. The number of carbonyl (C=O) groups excluding carboxylic acids is 4. The Hall–Kier alpha value is -5.12. The van der Waals surface area contributed by atoms with E-state index in [9.17, 15) is 19.2 Å². The van der Waals surface area contributed by atoms with Crippen LogP contribution in [0.4, 0.5) is 5.69 Å². The lowest BCUT2D eigenvalue weighted by Gasteiger charge is -2.17. The molecule has 2 aromatic carbocycles. The Balaban J connectivity index is 1.53. The number of aryl methyl sites for hydroxylation is 1. The van der Waals surface area contributed by atoms with Crippen LogP contribution in [-0.2, 0) is 25.6 Å². The van der Waals surface area contributed by atoms with Gasteiger partial charge >= 0.3 is 11.9 Å². The molecule has 0 bridgehead atoms. The molecule has 2 amide bonds. The summed E-state index contributed by atoms with van der Waals surface area (Å²) < 4.78 is 18.5. The molecular weight excluding hydrogens is 562 g/mol. The number of ether oxygens (including phenoxy) is 2. The normalized spacial score (nSPS) is 15.8. The highest BCUT2D eigenvalue weighted by molar-refractivity contribution is 6.11. The summed E-state index contributed by atoms with van der Waals surface area (Å²) in [5.74, 6) is -1.21. The molecule has 226 valence electrons. The lowest BCUT2D eigenvalue weighted by atomic mass is 9.88. The molecule has 0 aliphatic carbocycles. The highest BCUT2D eigenvalue weighted by Crippen LogP contribution is 2.47. The second-order valence-electron chi connectivity index (χ2n) is 11.5. The lowest BCUT2D eigenvalue weighted by molar-refractivity contribution is -0.139. The predicted octanol–water partition coefficient (Wildman–Crippen LogP) is 5.72. The minimum Gasteiger partial charge on any atom is -0.465 e. The number of hydrogen-bond acceptors (Lipinski definition) is 8. The molecule has 1 atom stereocenters. The van der Waals surface area contributed by atoms with E-state index in [1.165, 1.54) is 32.1 Å². The molecule has 0 radical (unpaired) electrons. The summed E-state index contributed by atoms with van der Waals surface area (Å²) in [5.41, 5.74) is 4.65. The van der Waals surface area contributed by atoms with Gasteiger partial charge in [0.2, 0.25) is 5.91 Å². The molecule has 6 rings (SSSR count). The van der Waals surface area contributed by atoms with E-state index >= 15 is 0 Å². The molecule has 4 heterocycles. The fraction of sp³-hybridized carbons (Fsp3) is 0.294. The zero-order valence-corrected chi connectivity index (χ0v) is 25.2. The fourth-order valence-electron chi connectivity index (χ4n) is 6.06. The van der Waals surface area contributed by atoms with E-state index < -0.39 is 17.9 Å². The molecule has 2 aromatic heterocycles. The molecule has 0 saturated heterocycles. The van der Waals surface area contributed by atoms with Gasteiger partial charge in [-0.15, -0.1) is 0 Å². The van der Waals surface area contributed by atoms with Crippen LogP contribution in [0, 0.1) is 5.92 Å². The Morgan fingerprint density at radius 2 is 1.73 bits per heavy atom. The van der Waals surface area contributed by atoms with Crippen molar-refractivity contribution in [3.05, 3.63) is 88.4 Å². The number of methoxy groups -OCH3 is 2. The molecule has 1 N–H and O–H groups in total. The van der Waals surface area contributed by atoms with Crippen molar-refractivity contribution in [1.82, 2.24) is 9.47 Å². The van der Waals surface area contributed by atoms with E-state index in [0.29, 0.717) is 34.3 Å². The first kappa shape index (κ1) is 29.0. The van der Waals surface area contributed by atoms with Gasteiger partial charge in [0.25, 0.3) is 5.91 Å².